The molecule has 0 unspecified atom stereocenters. The third kappa shape index (κ3) is 7.74. The van der Waals surface area contributed by atoms with Crippen LogP contribution in [0.25, 0.3) is 6.08 Å². The van der Waals surface area contributed by atoms with Crippen LogP contribution in [0.1, 0.15) is 37.8 Å². The van der Waals surface area contributed by atoms with Gasteiger partial charge < -0.3 is 4.74 Å². The maximum atomic E-state index is 11.8. The van der Waals surface area contributed by atoms with E-state index in [1.807, 2.05) is 85.8 Å². The summed E-state index contributed by atoms with van der Waals surface area (Å²) >= 11 is 0. The van der Waals surface area contributed by atoms with Gasteiger partial charge in [0, 0.05) is 0 Å². The van der Waals surface area contributed by atoms with Crippen LogP contribution in [-0.2, 0) is 4.79 Å². The number of nitrogens with one attached hydrogen (secondary N) is 1. The van der Waals surface area contributed by atoms with E-state index >= 15 is 0 Å². The normalized spacial score (nSPS) is 12.1. The summed E-state index contributed by atoms with van der Waals surface area (Å²) in [6, 6.07) is 17.8. The van der Waals surface area contributed by atoms with Crippen molar-refractivity contribution in [3.05, 3.63) is 84.0 Å². The Bertz CT molecular complexity index is 804. The van der Waals surface area contributed by atoms with Crippen molar-refractivity contribution in [1.29, 1.82) is 0 Å². The molecule has 4 heteroatoms. The number of allylic oxidation sites excluding steroid dienone is 3. The lowest BCUT2D eigenvalue weighted by molar-refractivity contribution is -0.123. The molecule has 0 bridgehead atoms. The summed E-state index contributed by atoms with van der Waals surface area (Å²) < 4.78 is 5.47. The first-order valence-electron chi connectivity index (χ1n) is 9.00. The lowest BCUT2D eigenvalue weighted by atomic mass is 10.0. The van der Waals surface area contributed by atoms with E-state index in [2.05, 4.69) is 24.4 Å². The number of ether oxygens (including phenoxy) is 1. The molecule has 0 saturated heterocycles. The highest BCUT2D eigenvalue weighted by Gasteiger charge is 2.03. The maximum absolute atomic E-state index is 11.8. The Morgan fingerprint density at radius 3 is 2.44 bits per heavy atom. The van der Waals surface area contributed by atoms with Crippen LogP contribution in [0.2, 0.25) is 0 Å². The van der Waals surface area contributed by atoms with Crippen molar-refractivity contribution in [2.45, 2.75) is 26.7 Å². The average Bonchev–Trinajstić information content (AvgIpc) is 2.69. The number of carbonyl (C=O) groups is 1. The van der Waals surface area contributed by atoms with Crippen molar-refractivity contribution >= 4 is 17.7 Å². The molecular weight excluding hydrogens is 336 g/mol. The van der Waals surface area contributed by atoms with Gasteiger partial charge in [-0.05, 0) is 42.2 Å². The molecule has 0 fully saturated rings. The number of hydrogen-bond acceptors (Lipinski definition) is 3. The van der Waals surface area contributed by atoms with Crippen molar-refractivity contribution in [2.75, 3.05) is 6.61 Å². The molecule has 0 heterocycles. The minimum atomic E-state index is -0.296. The number of hydrogen-bond donors (Lipinski definition) is 1. The standard InChI is InChI=1S/C23H26N2O2/c1-18(2)21-13-15-22(16-14-21)27-17-23(26)25-24-19(3)9-7-8-12-20-10-5-4-6-11-20/h4-16,18H,17H2,1-3H3,(H,25,26). The third-order valence-electron chi connectivity index (χ3n) is 3.81. The lowest BCUT2D eigenvalue weighted by Gasteiger charge is -2.08. The Morgan fingerprint density at radius 2 is 1.78 bits per heavy atom. The van der Waals surface area contributed by atoms with Crippen molar-refractivity contribution in [3.8, 4) is 5.75 Å². The predicted octanol–water partition coefficient (Wildman–Crippen LogP) is 4.95. The Labute approximate surface area is 161 Å². The van der Waals surface area contributed by atoms with Crippen LogP contribution in [0.4, 0.5) is 0 Å². The van der Waals surface area contributed by atoms with E-state index < -0.39 is 0 Å². The molecule has 0 spiro atoms. The summed E-state index contributed by atoms with van der Waals surface area (Å²) in [6.45, 7) is 6.01. The second kappa shape index (κ2) is 10.8. The van der Waals surface area contributed by atoms with Gasteiger partial charge in [-0.15, -0.1) is 0 Å². The first kappa shape index (κ1) is 20.2. The van der Waals surface area contributed by atoms with E-state index in [1.165, 1.54) is 5.56 Å². The predicted molar refractivity (Wildman–Crippen MR) is 112 cm³/mol. The summed E-state index contributed by atoms with van der Waals surface area (Å²) in [6.07, 6.45) is 7.64. The van der Waals surface area contributed by atoms with Gasteiger partial charge in [-0.25, -0.2) is 5.43 Å². The zero-order valence-electron chi connectivity index (χ0n) is 16.1. The van der Waals surface area contributed by atoms with E-state index in [-0.39, 0.29) is 12.5 Å². The van der Waals surface area contributed by atoms with E-state index in [0.717, 1.165) is 5.56 Å². The number of rotatable bonds is 8. The Morgan fingerprint density at radius 1 is 1.07 bits per heavy atom. The molecule has 0 aromatic heterocycles. The molecule has 0 saturated carbocycles. The van der Waals surface area contributed by atoms with Gasteiger partial charge in [0.2, 0.25) is 0 Å². The van der Waals surface area contributed by atoms with Crippen LogP contribution in [-0.4, -0.2) is 18.2 Å². The minimum Gasteiger partial charge on any atom is -0.484 e. The van der Waals surface area contributed by atoms with Gasteiger partial charge >= 0.3 is 0 Å². The Balaban J connectivity index is 1.74. The van der Waals surface area contributed by atoms with Crippen LogP contribution in [0.15, 0.2) is 77.9 Å². The van der Waals surface area contributed by atoms with E-state index in [9.17, 15) is 4.79 Å². The van der Waals surface area contributed by atoms with Gasteiger partial charge in [-0.1, -0.05) is 74.5 Å². The summed E-state index contributed by atoms with van der Waals surface area (Å²) in [5.74, 6) is 0.840. The number of amides is 1. The average molecular weight is 362 g/mol. The number of hydrazone groups is 1. The fourth-order valence-electron chi connectivity index (χ4n) is 2.24. The molecule has 0 atom stereocenters. The second-order valence-corrected chi connectivity index (χ2v) is 6.43. The van der Waals surface area contributed by atoms with Crippen molar-refractivity contribution in [3.63, 3.8) is 0 Å². The van der Waals surface area contributed by atoms with Crippen molar-refractivity contribution in [2.24, 2.45) is 5.10 Å². The smallest absolute Gasteiger partial charge is 0.277 e. The second-order valence-electron chi connectivity index (χ2n) is 6.43. The minimum absolute atomic E-state index is 0.0740. The molecule has 0 aliphatic carbocycles. The summed E-state index contributed by atoms with van der Waals surface area (Å²) in [5.41, 5.74) is 5.55. The quantitative estimate of drug-likeness (QED) is 0.410. The molecule has 0 aliphatic heterocycles. The topological polar surface area (TPSA) is 50.7 Å². The van der Waals surface area contributed by atoms with E-state index in [0.29, 0.717) is 17.4 Å². The number of benzene rings is 2. The van der Waals surface area contributed by atoms with Gasteiger partial charge in [0.1, 0.15) is 5.75 Å². The largest absolute Gasteiger partial charge is 0.484 e. The van der Waals surface area contributed by atoms with Crippen LogP contribution >= 0.6 is 0 Å². The Kier molecular flexibility index (Phi) is 8.04. The van der Waals surface area contributed by atoms with Crippen molar-refractivity contribution < 1.29 is 9.53 Å². The maximum Gasteiger partial charge on any atom is 0.277 e. The fourth-order valence-corrected chi connectivity index (χ4v) is 2.24. The van der Waals surface area contributed by atoms with Crippen molar-refractivity contribution in [1.82, 2.24) is 5.43 Å². The van der Waals surface area contributed by atoms with Gasteiger partial charge in [0.05, 0.1) is 5.71 Å². The monoisotopic (exact) mass is 362 g/mol. The van der Waals surface area contributed by atoms with Gasteiger partial charge in [0.15, 0.2) is 6.61 Å². The van der Waals surface area contributed by atoms with Crippen LogP contribution in [0.5, 0.6) is 5.75 Å². The summed E-state index contributed by atoms with van der Waals surface area (Å²) in [7, 11) is 0. The third-order valence-corrected chi connectivity index (χ3v) is 3.81. The zero-order chi connectivity index (χ0) is 19.5. The molecule has 140 valence electrons. The highest BCUT2D eigenvalue weighted by Crippen LogP contribution is 2.18. The van der Waals surface area contributed by atoms with E-state index in [1.54, 1.807) is 0 Å². The van der Waals surface area contributed by atoms with Gasteiger partial charge in [-0.3, -0.25) is 4.79 Å². The first-order chi connectivity index (χ1) is 13.0. The molecule has 1 amide bonds. The SMILES string of the molecule is CC(C=CC=Cc1ccccc1)=NNC(=O)COc1ccc(C(C)C)cc1. The molecule has 4 nitrogen and oxygen atoms in total. The fraction of sp³-hybridized carbons (Fsp3) is 0.217. The highest BCUT2D eigenvalue weighted by atomic mass is 16.5. The number of nitrogens with zero attached hydrogens (tertiary/aromatic N) is 1. The molecule has 1 N–H and O–H groups in total. The molecule has 2 rings (SSSR count). The van der Waals surface area contributed by atoms with Crippen LogP contribution < -0.4 is 10.2 Å². The molecule has 2 aromatic carbocycles. The van der Waals surface area contributed by atoms with Crippen LogP contribution in [0.3, 0.4) is 0 Å². The summed E-state index contributed by atoms with van der Waals surface area (Å²) in [4.78, 5) is 11.8. The van der Waals surface area contributed by atoms with E-state index in [4.69, 9.17) is 4.74 Å². The highest BCUT2D eigenvalue weighted by molar-refractivity contribution is 5.94. The molecule has 0 radical (unpaired) electrons. The van der Waals surface area contributed by atoms with Gasteiger partial charge in [-0.2, -0.15) is 5.10 Å². The zero-order valence-corrected chi connectivity index (χ0v) is 16.1. The summed E-state index contributed by atoms with van der Waals surface area (Å²) in [5, 5.41) is 4.03. The Hall–Kier alpha value is -3.14. The molecule has 0 aliphatic rings. The van der Waals surface area contributed by atoms with Gasteiger partial charge in [0.25, 0.3) is 5.91 Å². The molecule has 2 aromatic rings. The molecule has 27 heavy (non-hydrogen) atoms. The first-order valence-corrected chi connectivity index (χ1v) is 9.00. The molecular formula is C23H26N2O2. The lowest BCUT2D eigenvalue weighted by Crippen LogP contribution is -2.25. The number of carbonyl (C=O) groups excluding carboxylic acids is 1. The van der Waals surface area contributed by atoms with Crippen LogP contribution in [0, 0.1) is 0 Å².